The number of nitrogens with zero attached hydrogens (tertiary/aromatic N) is 4. The molecule has 126 valence electrons. The van der Waals surface area contributed by atoms with E-state index in [2.05, 4.69) is 32.2 Å². The first-order chi connectivity index (χ1) is 12.8. The van der Waals surface area contributed by atoms with Gasteiger partial charge in [-0.2, -0.15) is 5.10 Å². The molecular formula is C20H14FN5. The molecule has 0 fully saturated rings. The SMILES string of the molecule is Fc1cnc2[nH]c3cnc(-c4cnn(Cc5ccccc5)c4)cc3c2c1. The maximum atomic E-state index is 13.6. The average molecular weight is 343 g/mol. The lowest BCUT2D eigenvalue weighted by molar-refractivity contribution is 0.624. The summed E-state index contributed by atoms with van der Waals surface area (Å²) in [5.74, 6) is -0.354. The van der Waals surface area contributed by atoms with E-state index in [0.717, 1.165) is 27.5 Å². The Hall–Kier alpha value is -3.54. The van der Waals surface area contributed by atoms with Gasteiger partial charge in [0.1, 0.15) is 11.5 Å². The Kier molecular flexibility index (Phi) is 3.28. The van der Waals surface area contributed by atoms with E-state index in [-0.39, 0.29) is 5.82 Å². The third-order valence-corrected chi connectivity index (χ3v) is 4.42. The summed E-state index contributed by atoms with van der Waals surface area (Å²) in [6.07, 6.45) is 6.72. The Morgan fingerprint density at radius 3 is 2.73 bits per heavy atom. The van der Waals surface area contributed by atoms with Gasteiger partial charge in [-0.05, 0) is 17.7 Å². The van der Waals surface area contributed by atoms with Gasteiger partial charge in [-0.1, -0.05) is 30.3 Å². The molecule has 26 heavy (non-hydrogen) atoms. The maximum Gasteiger partial charge on any atom is 0.142 e. The van der Waals surface area contributed by atoms with Crippen LogP contribution in [0.2, 0.25) is 0 Å². The lowest BCUT2D eigenvalue weighted by Crippen LogP contribution is -1.99. The van der Waals surface area contributed by atoms with Crippen LogP contribution in [0.25, 0.3) is 33.2 Å². The van der Waals surface area contributed by atoms with Crippen molar-refractivity contribution >= 4 is 21.9 Å². The summed E-state index contributed by atoms with van der Waals surface area (Å²) in [5.41, 5.74) is 4.38. The Balaban J connectivity index is 1.54. The molecule has 0 bridgehead atoms. The molecule has 6 heteroatoms. The minimum atomic E-state index is -0.354. The van der Waals surface area contributed by atoms with Crippen molar-refractivity contribution in [3.63, 3.8) is 0 Å². The molecule has 1 N–H and O–H groups in total. The lowest BCUT2D eigenvalue weighted by atomic mass is 10.1. The normalized spacial score (nSPS) is 11.4. The van der Waals surface area contributed by atoms with E-state index in [1.165, 1.54) is 17.8 Å². The Morgan fingerprint density at radius 2 is 1.85 bits per heavy atom. The van der Waals surface area contributed by atoms with Crippen LogP contribution < -0.4 is 0 Å². The second-order valence-electron chi connectivity index (χ2n) is 6.20. The van der Waals surface area contributed by atoms with Crippen molar-refractivity contribution in [2.24, 2.45) is 0 Å². The van der Waals surface area contributed by atoms with Crippen molar-refractivity contribution in [2.75, 3.05) is 0 Å². The molecule has 0 aliphatic carbocycles. The summed E-state index contributed by atoms with van der Waals surface area (Å²) in [7, 11) is 0. The predicted molar refractivity (Wildman–Crippen MR) is 98.1 cm³/mol. The van der Waals surface area contributed by atoms with Crippen molar-refractivity contribution in [1.82, 2.24) is 24.7 Å². The lowest BCUT2D eigenvalue weighted by Gasteiger charge is -2.01. The number of aromatic amines is 1. The second-order valence-corrected chi connectivity index (χ2v) is 6.20. The molecular weight excluding hydrogens is 329 g/mol. The van der Waals surface area contributed by atoms with Crippen molar-refractivity contribution in [1.29, 1.82) is 0 Å². The van der Waals surface area contributed by atoms with E-state index in [1.807, 2.05) is 35.1 Å². The van der Waals surface area contributed by atoms with Crippen LogP contribution >= 0.6 is 0 Å². The summed E-state index contributed by atoms with van der Waals surface area (Å²) >= 11 is 0. The zero-order chi connectivity index (χ0) is 17.5. The molecule has 0 saturated heterocycles. The molecule has 0 spiro atoms. The molecule has 0 atom stereocenters. The molecule has 5 rings (SSSR count). The Morgan fingerprint density at radius 1 is 0.962 bits per heavy atom. The molecule has 4 aromatic heterocycles. The highest BCUT2D eigenvalue weighted by atomic mass is 19.1. The van der Waals surface area contributed by atoms with E-state index in [0.29, 0.717) is 12.2 Å². The first-order valence-corrected chi connectivity index (χ1v) is 8.26. The summed E-state index contributed by atoms with van der Waals surface area (Å²) in [6, 6.07) is 13.6. The summed E-state index contributed by atoms with van der Waals surface area (Å²) in [5, 5.41) is 6.07. The van der Waals surface area contributed by atoms with Gasteiger partial charge in [0.2, 0.25) is 0 Å². The van der Waals surface area contributed by atoms with Gasteiger partial charge in [0, 0.05) is 22.5 Å². The summed E-state index contributed by atoms with van der Waals surface area (Å²) in [6.45, 7) is 0.700. The van der Waals surface area contributed by atoms with Crippen LogP contribution in [0.3, 0.4) is 0 Å². The van der Waals surface area contributed by atoms with Gasteiger partial charge in [0.15, 0.2) is 0 Å². The number of aromatic nitrogens is 5. The zero-order valence-corrected chi connectivity index (χ0v) is 13.7. The topological polar surface area (TPSA) is 59.4 Å². The number of halogens is 1. The third kappa shape index (κ3) is 2.52. The fraction of sp³-hybridized carbons (Fsp3) is 0.0500. The number of fused-ring (bicyclic) bond motifs is 3. The van der Waals surface area contributed by atoms with Gasteiger partial charge in [0.05, 0.1) is 36.3 Å². The quantitative estimate of drug-likeness (QED) is 0.535. The van der Waals surface area contributed by atoms with Gasteiger partial charge in [-0.3, -0.25) is 9.67 Å². The maximum absolute atomic E-state index is 13.6. The summed E-state index contributed by atoms with van der Waals surface area (Å²) < 4.78 is 15.5. The Labute approximate surface area is 148 Å². The van der Waals surface area contributed by atoms with E-state index in [4.69, 9.17) is 0 Å². The molecule has 0 aliphatic rings. The van der Waals surface area contributed by atoms with Gasteiger partial charge < -0.3 is 4.98 Å². The van der Waals surface area contributed by atoms with Crippen molar-refractivity contribution in [3.05, 3.63) is 78.6 Å². The van der Waals surface area contributed by atoms with Gasteiger partial charge >= 0.3 is 0 Å². The predicted octanol–water partition coefficient (Wildman–Crippen LogP) is 4.16. The van der Waals surface area contributed by atoms with Crippen LogP contribution in [0.1, 0.15) is 5.56 Å². The second kappa shape index (κ2) is 5.77. The van der Waals surface area contributed by atoms with Gasteiger partial charge in [0.25, 0.3) is 0 Å². The number of nitrogens with one attached hydrogen (secondary N) is 1. The minimum Gasteiger partial charge on any atom is -0.338 e. The molecule has 5 aromatic rings. The third-order valence-electron chi connectivity index (χ3n) is 4.42. The number of benzene rings is 1. The molecule has 5 nitrogen and oxygen atoms in total. The van der Waals surface area contributed by atoms with Crippen LogP contribution in [0, 0.1) is 5.82 Å². The van der Waals surface area contributed by atoms with E-state index in [9.17, 15) is 4.39 Å². The average Bonchev–Trinajstić information content (AvgIpc) is 3.26. The number of rotatable bonds is 3. The standard InChI is InChI=1S/C20H14FN5/c21-15-6-17-16-7-18(22-10-19(16)25-20(17)23-9-15)14-8-24-26(12-14)11-13-4-2-1-3-5-13/h1-10,12H,11H2,(H,23,25). The number of H-pyrrole nitrogens is 1. The highest BCUT2D eigenvalue weighted by molar-refractivity contribution is 6.06. The van der Waals surface area contributed by atoms with Crippen LogP contribution in [0.15, 0.2) is 67.3 Å². The first kappa shape index (κ1) is 14.8. The monoisotopic (exact) mass is 343 g/mol. The van der Waals surface area contributed by atoms with E-state index >= 15 is 0 Å². The van der Waals surface area contributed by atoms with Crippen molar-refractivity contribution in [3.8, 4) is 11.3 Å². The highest BCUT2D eigenvalue weighted by Gasteiger charge is 2.10. The molecule has 1 aromatic carbocycles. The molecule has 0 radical (unpaired) electrons. The highest BCUT2D eigenvalue weighted by Crippen LogP contribution is 2.27. The molecule has 4 heterocycles. The van der Waals surface area contributed by atoms with Crippen LogP contribution in [0.4, 0.5) is 4.39 Å². The molecule has 0 aliphatic heterocycles. The zero-order valence-electron chi connectivity index (χ0n) is 13.7. The molecule has 0 unspecified atom stereocenters. The largest absolute Gasteiger partial charge is 0.338 e. The van der Waals surface area contributed by atoms with Crippen LogP contribution in [-0.4, -0.2) is 24.7 Å². The van der Waals surface area contributed by atoms with Crippen LogP contribution in [-0.2, 0) is 6.54 Å². The van der Waals surface area contributed by atoms with Crippen molar-refractivity contribution < 1.29 is 4.39 Å². The number of pyridine rings is 2. The van der Waals surface area contributed by atoms with Crippen molar-refractivity contribution in [2.45, 2.75) is 6.54 Å². The van der Waals surface area contributed by atoms with E-state index in [1.54, 1.807) is 12.4 Å². The molecule has 0 saturated carbocycles. The molecule has 0 amide bonds. The minimum absolute atomic E-state index is 0.354. The fourth-order valence-corrected chi connectivity index (χ4v) is 3.16. The smallest absolute Gasteiger partial charge is 0.142 e. The van der Waals surface area contributed by atoms with Crippen LogP contribution in [0.5, 0.6) is 0 Å². The Bertz CT molecular complexity index is 1220. The fourth-order valence-electron chi connectivity index (χ4n) is 3.16. The number of hydrogen-bond donors (Lipinski definition) is 1. The number of hydrogen-bond acceptors (Lipinski definition) is 3. The van der Waals surface area contributed by atoms with Gasteiger partial charge in [-0.15, -0.1) is 0 Å². The summed E-state index contributed by atoms with van der Waals surface area (Å²) in [4.78, 5) is 11.8. The van der Waals surface area contributed by atoms with E-state index < -0.39 is 0 Å². The van der Waals surface area contributed by atoms with Gasteiger partial charge in [-0.25, -0.2) is 9.37 Å². The first-order valence-electron chi connectivity index (χ1n) is 8.26.